The third-order valence-electron chi connectivity index (χ3n) is 4.50. The van der Waals surface area contributed by atoms with Crippen LogP contribution in [0.5, 0.6) is 0 Å². The standard InChI is InChI=1S/C19H19N3O/c23-19(21-17-7-8-18-16(11-17)12-20-22-18)10-13-5-6-14-3-1-2-4-15(14)9-13/h5-9,11-12H,1-4,10H2,(H,20,22)(H,21,23). The lowest BCUT2D eigenvalue weighted by Gasteiger charge is -2.16. The number of carbonyl (C=O) groups excluding carboxylic acids is 1. The number of aryl methyl sites for hydroxylation is 2. The van der Waals surface area contributed by atoms with Crippen LogP contribution in [0.4, 0.5) is 5.69 Å². The average molecular weight is 305 g/mol. The molecule has 0 aliphatic heterocycles. The van der Waals surface area contributed by atoms with Crippen molar-refractivity contribution in [3.8, 4) is 0 Å². The monoisotopic (exact) mass is 305 g/mol. The first-order valence-electron chi connectivity index (χ1n) is 8.11. The maximum absolute atomic E-state index is 12.3. The van der Waals surface area contributed by atoms with Crippen molar-refractivity contribution < 1.29 is 4.79 Å². The van der Waals surface area contributed by atoms with E-state index in [-0.39, 0.29) is 5.91 Å². The lowest BCUT2D eigenvalue weighted by Crippen LogP contribution is -2.15. The molecular weight excluding hydrogens is 286 g/mol. The van der Waals surface area contributed by atoms with Gasteiger partial charge in [-0.1, -0.05) is 18.2 Å². The number of nitrogens with one attached hydrogen (secondary N) is 2. The minimum atomic E-state index is 0.0172. The first-order valence-corrected chi connectivity index (χ1v) is 8.11. The second-order valence-electron chi connectivity index (χ2n) is 6.21. The number of aromatic nitrogens is 2. The molecule has 3 aromatic rings. The predicted molar refractivity (Wildman–Crippen MR) is 91.5 cm³/mol. The zero-order chi connectivity index (χ0) is 15.6. The number of fused-ring (bicyclic) bond motifs is 2. The first kappa shape index (κ1) is 14.0. The Kier molecular flexibility index (Phi) is 3.58. The quantitative estimate of drug-likeness (QED) is 0.776. The van der Waals surface area contributed by atoms with Crippen LogP contribution in [0.25, 0.3) is 10.9 Å². The van der Waals surface area contributed by atoms with Gasteiger partial charge >= 0.3 is 0 Å². The highest BCUT2D eigenvalue weighted by atomic mass is 16.1. The van der Waals surface area contributed by atoms with E-state index in [9.17, 15) is 4.79 Å². The molecule has 0 atom stereocenters. The maximum Gasteiger partial charge on any atom is 0.228 e. The zero-order valence-corrected chi connectivity index (χ0v) is 12.9. The van der Waals surface area contributed by atoms with Crippen molar-refractivity contribution >= 4 is 22.5 Å². The van der Waals surface area contributed by atoms with Gasteiger partial charge in [0.25, 0.3) is 0 Å². The molecule has 1 heterocycles. The van der Waals surface area contributed by atoms with Crippen molar-refractivity contribution in [3.63, 3.8) is 0 Å². The number of benzene rings is 2. The summed E-state index contributed by atoms with van der Waals surface area (Å²) < 4.78 is 0. The Balaban J connectivity index is 1.47. The molecule has 0 fully saturated rings. The molecular formula is C19H19N3O. The largest absolute Gasteiger partial charge is 0.326 e. The van der Waals surface area contributed by atoms with E-state index in [0.29, 0.717) is 6.42 Å². The van der Waals surface area contributed by atoms with Gasteiger partial charge in [-0.25, -0.2) is 0 Å². The van der Waals surface area contributed by atoms with Gasteiger partial charge in [-0.3, -0.25) is 9.89 Å². The molecule has 2 N–H and O–H groups in total. The molecule has 23 heavy (non-hydrogen) atoms. The number of anilines is 1. The first-order chi connectivity index (χ1) is 11.3. The van der Waals surface area contributed by atoms with E-state index in [0.717, 1.165) is 28.6 Å². The second kappa shape index (κ2) is 5.88. The Morgan fingerprint density at radius 1 is 1.09 bits per heavy atom. The second-order valence-corrected chi connectivity index (χ2v) is 6.21. The molecule has 0 bridgehead atoms. The molecule has 4 heteroatoms. The van der Waals surface area contributed by atoms with Crippen LogP contribution in [0.15, 0.2) is 42.6 Å². The van der Waals surface area contributed by atoms with Gasteiger partial charge in [-0.15, -0.1) is 0 Å². The minimum Gasteiger partial charge on any atom is -0.326 e. The third-order valence-corrected chi connectivity index (χ3v) is 4.50. The number of rotatable bonds is 3. The number of amides is 1. The van der Waals surface area contributed by atoms with Gasteiger partial charge in [0.1, 0.15) is 0 Å². The SMILES string of the molecule is O=C(Cc1ccc2c(c1)CCCC2)Nc1ccc2[nH]ncc2c1. The molecule has 0 saturated heterocycles. The van der Waals surface area contributed by atoms with Crippen molar-refractivity contribution in [2.24, 2.45) is 0 Å². The molecule has 1 aromatic heterocycles. The van der Waals surface area contributed by atoms with E-state index in [2.05, 4.69) is 33.7 Å². The van der Waals surface area contributed by atoms with E-state index >= 15 is 0 Å². The fraction of sp³-hybridized carbons (Fsp3) is 0.263. The number of aromatic amines is 1. The number of hydrogen-bond acceptors (Lipinski definition) is 2. The molecule has 4 rings (SSSR count). The molecule has 1 aliphatic rings. The van der Waals surface area contributed by atoms with Crippen molar-refractivity contribution in [2.75, 3.05) is 5.32 Å². The molecule has 1 amide bonds. The number of nitrogens with zero attached hydrogens (tertiary/aromatic N) is 1. The summed E-state index contributed by atoms with van der Waals surface area (Å²) in [5.74, 6) is 0.0172. The molecule has 0 saturated carbocycles. The van der Waals surface area contributed by atoms with E-state index in [4.69, 9.17) is 0 Å². The van der Waals surface area contributed by atoms with Crippen LogP contribution in [0, 0.1) is 0 Å². The van der Waals surface area contributed by atoms with Crippen LogP contribution in [-0.2, 0) is 24.1 Å². The van der Waals surface area contributed by atoms with Crippen molar-refractivity contribution in [1.82, 2.24) is 10.2 Å². The summed E-state index contributed by atoms with van der Waals surface area (Å²) in [6.07, 6.45) is 7.02. The maximum atomic E-state index is 12.3. The van der Waals surface area contributed by atoms with Crippen LogP contribution in [-0.4, -0.2) is 16.1 Å². The number of hydrogen-bond donors (Lipinski definition) is 2. The summed E-state index contributed by atoms with van der Waals surface area (Å²) in [5.41, 5.74) is 5.74. The van der Waals surface area contributed by atoms with Gasteiger partial charge in [-0.2, -0.15) is 5.10 Å². The summed E-state index contributed by atoms with van der Waals surface area (Å²) >= 11 is 0. The highest BCUT2D eigenvalue weighted by Gasteiger charge is 2.11. The summed E-state index contributed by atoms with van der Waals surface area (Å²) in [5, 5.41) is 10.9. The Hall–Kier alpha value is -2.62. The summed E-state index contributed by atoms with van der Waals surface area (Å²) in [6, 6.07) is 12.2. The number of H-pyrrole nitrogens is 1. The Bertz CT molecular complexity index is 866. The minimum absolute atomic E-state index is 0.0172. The van der Waals surface area contributed by atoms with Gasteiger partial charge in [0.05, 0.1) is 18.1 Å². The normalized spacial score (nSPS) is 13.7. The van der Waals surface area contributed by atoms with E-state index in [1.807, 2.05) is 18.2 Å². The molecule has 116 valence electrons. The van der Waals surface area contributed by atoms with Crippen LogP contribution < -0.4 is 5.32 Å². The fourth-order valence-electron chi connectivity index (χ4n) is 3.31. The molecule has 0 unspecified atom stereocenters. The smallest absolute Gasteiger partial charge is 0.228 e. The Morgan fingerprint density at radius 3 is 2.87 bits per heavy atom. The zero-order valence-electron chi connectivity index (χ0n) is 12.9. The van der Waals surface area contributed by atoms with Gasteiger partial charge in [0.2, 0.25) is 5.91 Å². The van der Waals surface area contributed by atoms with Crippen molar-refractivity contribution in [3.05, 3.63) is 59.3 Å². The van der Waals surface area contributed by atoms with Crippen molar-refractivity contribution in [1.29, 1.82) is 0 Å². The average Bonchev–Trinajstić information content (AvgIpc) is 3.02. The molecule has 0 spiro atoms. The third kappa shape index (κ3) is 2.97. The van der Waals surface area contributed by atoms with Gasteiger partial charge in [0.15, 0.2) is 0 Å². The highest BCUT2D eigenvalue weighted by molar-refractivity contribution is 5.94. The van der Waals surface area contributed by atoms with E-state index in [1.165, 1.54) is 30.4 Å². The molecule has 1 aliphatic carbocycles. The topological polar surface area (TPSA) is 57.8 Å². The van der Waals surface area contributed by atoms with Crippen LogP contribution in [0.3, 0.4) is 0 Å². The highest BCUT2D eigenvalue weighted by Crippen LogP contribution is 2.23. The summed E-state index contributed by atoms with van der Waals surface area (Å²) in [6.45, 7) is 0. The Morgan fingerprint density at radius 2 is 1.96 bits per heavy atom. The lowest BCUT2D eigenvalue weighted by atomic mass is 9.90. The van der Waals surface area contributed by atoms with Gasteiger partial charge in [0, 0.05) is 11.1 Å². The number of carbonyl (C=O) groups is 1. The summed E-state index contributed by atoms with van der Waals surface area (Å²) in [7, 11) is 0. The van der Waals surface area contributed by atoms with E-state index in [1.54, 1.807) is 6.20 Å². The van der Waals surface area contributed by atoms with E-state index < -0.39 is 0 Å². The predicted octanol–water partition coefficient (Wildman–Crippen LogP) is 3.62. The molecule has 2 aromatic carbocycles. The Labute approximate surface area is 134 Å². The van der Waals surface area contributed by atoms with Gasteiger partial charge in [-0.05, 0) is 60.6 Å². The van der Waals surface area contributed by atoms with Crippen molar-refractivity contribution in [2.45, 2.75) is 32.1 Å². The summed E-state index contributed by atoms with van der Waals surface area (Å²) in [4.78, 5) is 12.3. The van der Waals surface area contributed by atoms with Gasteiger partial charge < -0.3 is 5.32 Å². The lowest BCUT2D eigenvalue weighted by molar-refractivity contribution is -0.115. The fourth-order valence-corrected chi connectivity index (χ4v) is 3.31. The van der Waals surface area contributed by atoms with Crippen LogP contribution in [0.1, 0.15) is 29.5 Å². The van der Waals surface area contributed by atoms with Crippen LogP contribution in [0.2, 0.25) is 0 Å². The molecule has 4 nitrogen and oxygen atoms in total. The molecule has 0 radical (unpaired) electrons. The van der Waals surface area contributed by atoms with Crippen LogP contribution >= 0.6 is 0 Å².